The van der Waals surface area contributed by atoms with E-state index in [-0.39, 0.29) is 31.6 Å². The Balaban J connectivity index is 1.43. The molecule has 0 bridgehead atoms. The minimum absolute atomic E-state index is 0.0234. The van der Waals surface area contributed by atoms with Crippen molar-refractivity contribution in [2.45, 2.75) is 25.6 Å². The lowest BCUT2D eigenvalue weighted by Crippen LogP contribution is -2.34. The molecular formula is C21H19F3N2O4. The molecule has 1 saturated heterocycles. The second-order valence-corrected chi connectivity index (χ2v) is 7.30. The van der Waals surface area contributed by atoms with E-state index >= 15 is 0 Å². The van der Waals surface area contributed by atoms with Crippen molar-refractivity contribution in [1.29, 1.82) is 0 Å². The van der Waals surface area contributed by atoms with Gasteiger partial charge in [-0.05, 0) is 36.8 Å². The second kappa shape index (κ2) is 7.55. The summed E-state index contributed by atoms with van der Waals surface area (Å²) in [5, 5.41) is 2.72. The van der Waals surface area contributed by atoms with Crippen molar-refractivity contribution in [3.63, 3.8) is 0 Å². The topological polar surface area (TPSA) is 67.9 Å². The van der Waals surface area contributed by atoms with Gasteiger partial charge in [-0.3, -0.25) is 9.59 Å². The summed E-state index contributed by atoms with van der Waals surface area (Å²) in [5.74, 6) is -0.0608. The largest absolute Gasteiger partial charge is 0.454 e. The van der Waals surface area contributed by atoms with Crippen LogP contribution in [0.2, 0.25) is 0 Å². The fraction of sp³-hybridized carbons (Fsp3) is 0.333. The molecule has 2 atom stereocenters. The monoisotopic (exact) mass is 420 g/mol. The third kappa shape index (κ3) is 3.92. The number of hydrogen-bond donors (Lipinski definition) is 1. The molecule has 0 aliphatic carbocycles. The Bertz CT molecular complexity index is 992. The van der Waals surface area contributed by atoms with Crippen molar-refractivity contribution in [2.75, 3.05) is 18.2 Å². The lowest BCUT2D eigenvalue weighted by molar-refractivity contribution is -0.137. The SMILES string of the molecule is CC(NC(=O)C1CC(=O)N(c2ccc3c(c2)OCO3)C1)c1cccc(C(F)(F)F)c1. The molecule has 4 rings (SSSR count). The van der Waals surface area contributed by atoms with Gasteiger partial charge in [0.1, 0.15) is 0 Å². The highest BCUT2D eigenvalue weighted by atomic mass is 19.4. The normalized spacial score (nSPS) is 19.1. The molecule has 2 aliphatic heterocycles. The standard InChI is InChI=1S/C21H19F3N2O4/c1-12(13-3-2-4-15(7-13)21(22,23)24)25-20(28)14-8-19(27)26(10-14)16-5-6-17-18(9-16)30-11-29-17/h2-7,9,12,14H,8,10-11H2,1H3,(H,25,28). The Hall–Kier alpha value is -3.23. The third-order valence-electron chi connectivity index (χ3n) is 5.24. The molecule has 0 saturated carbocycles. The molecule has 6 nitrogen and oxygen atoms in total. The smallest absolute Gasteiger partial charge is 0.416 e. The van der Waals surface area contributed by atoms with Gasteiger partial charge in [0.15, 0.2) is 11.5 Å². The van der Waals surface area contributed by atoms with Crippen LogP contribution in [0, 0.1) is 5.92 Å². The summed E-state index contributed by atoms with van der Waals surface area (Å²) in [4.78, 5) is 26.6. The van der Waals surface area contributed by atoms with Crippen LogP contribution in [0.15, 0.2) is 42.5 Å². The van der Waals surface area contributed by atoms with Crippen molar-refractivity contribution in [3.05, 3.63) is 53.6 Å². The number of fused-ring (bicyclic) bond motifs is 1. The number of alkyl halides is 3. The summed E-state index contributed by atoms with van der Waals surface area (Å²) in [5.41, 5.74) is 0.173. The molecule has 2 amide bonds. The number of nitrogens with one attached hydrogen (secondary N) is 1. The van der Waals surface area contributed by atoms with Crippen LogP contribution in [0.3, 0.4) is 0 Å². The van der Waals surface area contributed by atoms with E-state index in [0.29, 0.717) is 22.7 Å². The third-order valence-corrected chi connectivity index (χ3v) is 5.24. The van der Waals surface area contributed by atoms with Gasteiger partial charge in [-0.1, -0.05) is 12.1 Å². The van der Waals surface area contributed by atoms with Crippen LogP contribution in [0.4, 0.5) is 18.9 Å². The zero-order chi connectivity index (χ0) is 21.5. The maximum Gasteiger partial charge on any atom is 0.416 e. The first kappa shape index (κ1) is 20.1. The highest BCUT2D eigenvalue weighted by molar-refractivity contribution is 6.00. The molecule has 1 fully saturated rings. The van der Waals surface area contributed by atoms with E-state index in [4.69, 9.17) is 9.47 Å². The van der Waals surface area contributed by atoms with Crippen LogP contribution < -0.4 is 19.7 Å². The number of anilines is 1. The van der Waals surface area contributed by atoms with Crippen LogP contribution in [-0.4, -0.2) is 25.2 Å². The van der Waals surface area contributed by atoms with E-state index in [1.807, 2.05) is 0 Å². The van der Waals surface area contributed by atoms with E-state index in [2.05, 4.69) is 5.32 Å². The number of amides is 2. The number of carbonyl (C=O) groups excluding carboxylic acids is 2. The van der Waals surface area contributed by atoms with Crippen molar-refractivity contribution in [2.24, 2.45) is 5.92 Å². The Labute approximate surface area is 170 Å². The van der Waals surface area contributed by atoms with Crippen molar-refractivity contribution in [3.8, 4) is 11.5 Å². The van der Waals surface area contributed by atoms with Gasteiger partial charge in [0.05, 0.1) is 17.5 Å². The van der Waals surface area contributed by atoms with Crippen LogP contribution in [-0.2, 0) is 15.8 Å². The zero-order valence-electron chi connectivity index (χ0n) is 16.0. The minimum atomic E-state index is -4.46. The Morgan fingerprint density at radius 1 is 1.17 bits per heavy atom. The molecule has 1 N–H and O–H groups in total. The van der Waals surface area contributed by atoms with Gasteiger partial charge >= 0.3 is 6.18 Å². The first-order chi connectivity index (χ1) is 14.2. The number of carbonyl (C=O) groups is 2. The predicted molar refractivity (Wildman–Crippen MR) is 101 cm³/mol. The summed E-state index contributed by atoms with van der Waals surface area (Å²) in [6.45, 7) is 1.91. The molecule has 2 aliphatic rings. The van der Waals surface area contributed by atoms with Gasteiger partial charge in [0, 0.05) is 24.7 Å². The summed E-state index contributed by atoms with van der Waals surface area (Å²) < 4.78 is 49.3. The highest BCUT2D eigenvalue weighted by Crippen LogP contribution is 2.37. The first-order valence-corrected chi connectivity index (χ1v) is 9.40. The Kier molecular flexibility index (Phi) is 5.05. The Morgan fingerprint density at radius 2 is 1.93 bits per heavy atom. The maximum absolute atomic E-state index is 12.9. The van der Waals surface area contributed by atoms with Gasteiger partial charge in [0.25, 0.3) is 0 Å². The number of hydrogen-bond acceptors (Lipinski definition) is 4. The molecule has 2 heterocycles. The summed E-state index contributed by atoms with van der Waals surface area (Å²) in [6.07, 6.45) is -4.43. The highest BCUT2D eigenvalue weighted by Gasteiger charge is 2.36. The number of nitrogens with zero attached hydrogens (tertiary/aromatic N) is 1. The van der Waals surface area contributed by atoms with E-state index < -0.39 is 23.7 Å². The maximum atomic E-state index is 12.9. The molecule has 9 heteroatoms. The quantitative estimate of drug-likeness (QED) is 0.820. The average Bonchev–Trinajstić information content (AvgIpc) is 3.33. The van der Waals surface area contributed by atoms with Crippen LogP contribution in [0.25, 0.3) is 0 Å². The second-order valence-electron chi connectivity index (χ2n) is 7.30. The number of rotatable bonds is 4. The lowest BCUT2D eigenvalue weighted by Gasteiger charge is -2.19. The van der Waals surface area contributed by atoms with Crippen LogP contribution in [0.1, 0.15) is 30.5 Å². The molecule has 30 heavy (non-hydrogen) atoms. The fourth-order valence-corrected chi connectivity index (χ4v) is 3.58. The molecule has 2 aromatic carbocycles. The van der Waals surface area contributed by atoms with Gasteiger partial charge in [-0.2, -0.15) is 13.2 Å². The summed E-state index contributed by atoms with van der Waals surface area (Å²) in [6, 6.07) is 9.31. The predicted octanol–water partition coefficient (Wildman–Crippen LogP) is 3.66. The number of halogens is 3. The van der Waals surface area contributed by atoms with Gasteiger partial charge in [-0.25, -0.2) is 0 Å². The van der Waals surface area contributed by atoms with E-state index in [1.165, 1.54) is 17.0 Å². The minimum Gasteiger partial charge on any atom is -0.454 e. The van der Waals surface area contributed by atoms with E-state index in [1.54, 1.807) is 25.1 Å². The fourth-order valence-electron chi connectivity index (χ4n) is 3.58. The van der Waals surface area contributed by atoms with Crippen molar-refractivity contribution < 1.29 is 32.2 Å². The van der Waals surface area contributed by atoms with Crippen molar-refractivity contribution >= 4 is 17.5 Å². The van der Waals surface area contributed by atoms with Gasteiger partial charge in [-0.15, -0.1) is 0 Å². The molecule has 2 unspecified atom stereocenters. The molecule has 0 radical (unpaired) electrons. The summed E-state index contributed by atoms with van der Waals surface area (Å²) >= 11 is 0. The molecule has 158 valence electrons. The number of ether oxygens (including phenoxy) is 2. The molecule has 0 aromatic heterocycles. The van der Waals surface area contributed by atoms with E-state index in [0.717, 1.165) is 12.1 Å². The van der Waals surface area contributed by atoms with Gasteiger partial charge < -0.3 is 19.7 Å². The first-order valence-electron chi connectivity index (χ1n) is 9.40. The Morgan fingerprint density at radius 3 is 2.70 bits per heavy atom. The van der Waals surface area contributed by atoms with E-state index in [9.17, 15) is 22.8 Å². The van der Waals surface area contributed by atoms with Crippen molar-refractivity contribution in [1.82, 2.24) is 5.32 Å². The molecule has 0 spiro atoms. The zero-order valence-corrected chi connectivity index (χ0v) is 16.0. The van der Waals surface area contributed by atoms with Crippen LogP contribution >= 0.6 is 0 Å². The average molecular weight is 420 g/mol. The summed E-state index contributed by atoms with van der Waals surface area (Å²) in [7, 11) is 0. The van der Waals surface area contributed by atoms with Crippen LogP contribution in [0.5, 0.6) is 11.5 Å². The molecule has 2 aromatic rings. The number of benzene rings is 2. The molecular weight excluding hydrogens is 401 g/mol. The van der Waals surface area contributed by atoms with Gasteiger partial charge in [0.2, 0.25) is 18.6 Å². The lowest BCUT2D eigenvalue weighted by atomic mass is 10.0.